The molecule has 4 amide bonds. The van der Waals surface area contributed by atoms with Gasteiger partial charge in [0.1, 0.15) is 23.9 Å². The summed E-state index contributed by atoms with van der Waals surface area (Å²) >= 11 is 0. The fourth-order valence-electron chi connectivity index (χ4n) is 3.65. The van der Waals surface area contributed by atoms with Crippen molar-refractivity contribution in [2.75, 3.05) is 0 Å². The van der Waals surface area contributed by atoms with Gasteiger partial charge in [-0.05, 0) is 29.2 Å². The monoisotopic (exact) mass is 541 g/mol. The molecule has 39 heavy (non-hydrogen) atoms. The third kappa shape index (κ3) is 10.1. The maximum atomic E-state index is 13.3. The van der Waals surface area contributed by atoms with Crippen LogP contribution in [0, 0.1) is 5.92 Å². The Labute approximate surface area is 226 Å². The van der Waals surface area contributed by atoms with E-state index in [2.05, 4.69) is 16.0 Å². The Kier molecular flexibility index (Phi) is 11.4. The van der Waals surface area contributed by atoms with Crippen molar-refractivity contribution >= 4 is 29.6 Å². The van der Waals surface area contributed by atoms with Crippen LogP contribution in [0.25, 0.3) is 0 Å². The molecule has 0 saturated heterocycles. The lowest BCUT2D eigenvalue weighted by molar-refractivity contribution is -0.142. The number of aliphatic carboxylic acids is 1. The van der Waals surface area contributed by atoms with E-state index in [0.717, 1.165) is 0 Å². The molecular formula is C27H35N5O7. The summed E-state index contributed by atoms with van der Waals surface area (Å²) in [4.78, 5) is 62.5. The molecule has 0 heterocycles. The molecule has 12 heteroatoms. The molecular weight excluding hydrogens is 506 g/mol. The van der Waals surface area contributed by atoms with Gasteiger partial charge >= 0.3 is 5.97 Å². The van der Waals surface area contributed by atoms with Gasteiger partial charge in [0.05, 0.1) is 12.5 Å². The summed E-state index contributed by atoms with van der Waals surface area (Å²) in [6.45, 7) is 3.43. The third-order valence-corrected chi connectivity index (χ3v) is 5.97. The predicted octanol–water partition coefficient (Wildman–Crippen LogP) is -0.425. The van der Waals surface area contributed by atoms with Crippen molar-refractivity contribution in [3.05, 3.63) is 65.7 Å². The van der Waals surface area contributed by atoms with Crippen molar-refractivity contribution in [3.8, 4) is 5.75 Å². The molecule has 210 valence electrons. The first-order chi connectivity index (χ1) is 18.4. The average Bonchev–Trinajstić information content (AvgIpc) is 2.88. The summed E-state index contributed by atoms with van der Waals surface area (Å²) in [5.74, 6) is -4.73. The molecule has 0 bridgehead atoms. The highest BCUT2D eigenvalue weighted by atomic mass is 16.4. The fourth-order valence-corrected chi connectivity index (χ4v) is 3.65. The number of hydrogen-bond donors (Lipinski definition) is 7. The number of carbonyl (C=O) groups is 5. The lowest BCUT2D eigenvalue weighted by atomic mass is 10.0. The van der Waals surface area contributed by atoms with Gasteiger partial charge in [-0.25, -0.2) is 4.79 Å². The Morgan fingerprint density at radius 2 is 1.23 bits per heavy atom. The quantitative estimate of drug-likeness (QED) is 0.166. The third-order valence-electron chi connectivity index (χ3n) is 5.97. The molecule has 0 aliphatic rings. The van der Waals surface area contributed by atoms with E-state index < -0.39 is 60.2 Å². The van der Waals surface area contributed by atoms with Crippen LogP contribution in [0.3, 0.4) is 0 Å². The van der Waals surface area contributed by atoms with Crippen LogP contribution in [0.4, 0.5) is 0 Å². The van der Waals surface area contributed by atoms with E-state index in [4.69, 9.17) is 11.5 Å². The number of carboxylic acids is 1. The maximum absolute atomic E-state index is 13.3. The molecule has 9 N–H and O–H groups in total. The fraction of sp³-hybridized carbons (Fsp3) is 0.370. The van der Waals surface area contributed by atoms with Crippen molar-refractivity contribution in [3.63, 3.8) is 0 Å². The molecule has 0 fully saturated rings. The first-order valence-electron chi connectivity index (χ1n) is 12.4. The Bertz CT molecular complexity index is 1150. The lowest BCUT2D eigenvalue weighted by Gasteiger charge is -2.25. The van der Waals surface area contributed by atoms with Crippen LogP contribution in [0.5, 0.6) is 5.75 Å². The predicted molar refractivity (Wildman–Crippen MR) is 142 cm³/mol. The van der Waals surface area contributed by atoms with Gasteiger partial charge in [-0.15, -0.1) is 0 Å². The molecule has 4 unspecified atom stereocenters. The molecule has 2 rings (SSSR count). The van der Waals surface area contributed by atoms with Crippen LogP contribution in [0.15, 0.2) is 54.6 Å². The first kappa shape index (κ1) is 30.8. The number of carboxylic acid groups (broad SMARTS) is 1. The topological polar surface area (TPSA) is 214 Å². The standard InChI is InChI=1S/C27H35N5O7/c1-15(2)23(29)26(37)31-20(14-22(28)34)25(36)30-19(12-16-6-4-3-5-7-16)24(35)32-21(27(38)39)13-17-8-10-18(33)11-9-17/h3-11,15,19-21,23,33H,12-14,29H2,1-2H3,(H2,28,34)(H,30,36)(H,31,37)(H,32,35)(H,38,39). The number of nitrogens with one attached hydrogen (secondary N) is 3. The molecule has 2 aromatic carbocycles. The van der Waals surface area contributed by atoms with E-state index in [1.165, 1.54) is 24.3 Å². The maximum Gasteiger partial charge on any atom is 0.326 e. The van der Waals surface area contributed by atoms with E-state index in [1.54, 1.807) is 44.2 Å². The number of primary amides is 1. The van der Waals surface area contributed by atoms with Crippen LogP contribution in [-0.4, -0.2) is 64.0 Å². The van der Waals surface area contributed by atoms with Gasteiger partial charge in [0.2, 0.25) is 23.6 Å². The number of phenols is 1. The van der Waals surface area contributed by atoms with E-state index in [9.17, 15) is 34.2 Å². The molecule has 0 aliphatic heterocycles. The Balaban J connectivity index is 2.26. The summed E-state index contributed by atoms with van der Waals surface area (Å²) in [6.07, 6.45) is -0.631. The summed E-state index contributed by atoms with van der Waals surface area (Å²) in [5.41, 5.74) is 12.3. The van der Waals surface area contributed by atoms with Crippen LogP contribution < -0.4 is 27.4 Å². The molecule has 0 radical (unpaired) electrons. The van der Waals surface area contributed by atoms with Gasteiger partial charge in [-0.1, -0.05) is 56.3 Å². The number of rotatable bonds is 14. The van der Waals surface area contributed by atoms with Gasteiger partial charge in [0.15, 0.2) is 0 Å². The lowest BCUT2D eigenvalue weighted by Crippen LogP contribution is -2.58. The number of nitrogens with two attached hydrogens (primary N) is 2. The zero-order valence-corrected chi connectivity index (χ0v) is 21.8. The summed E-state index contributed by atoms with van der Waals surface area (Å²) in [6, 6.07) is 9.58. The molecule has 0 aromatic heterocycles. The minimum Gasteiger partial charge on any atom is -0.508 e. The van der Waals surface area contributed by atoms with Crippen molar-refractivity contribution in [1.82, 2.24) is 16.0 Å². The van der Waals surface area contributed by atoms with Crippen LogP contribution >= 0.6 is 0 Å². The number of benzene rings is 2. The second-order valence-electron chi connectivity index (χ2n) is 9.52. The van der Waals surface area contributed by atoms with Gasteiger partial charge in [-0.2, -0.15) is 0 Å². The molecule has 12 nitrogen and oxygen atoms in total. The van der Waals surface area contributed by atoms with E-state index >= 15 is 0 Å². The molecule has 0 aliphatic carbocycles. The highest BCUT2D eigenvalue weighted by Crippen LogP contribution is 2.12. The zero-order valence-electron chi connectivity index (χ0n) is 21.8. The van der Waals surface area contributed by atoms with Crippen molar-refractivity contribution < 1.29 is 34.2 Å². The van der Waals surface area contributed by atoms with E-state index in [-0.39, 0.29) is 24.5 Å². The first-order valence-corrected chi connectivity index (χ1v) is 12.4. The highest BCUT2D eigenvalue weighted by Gasteiger charge is 2.31. The van der Waals surface area contributed by atoms with Crippen molar-refractivity contribution in [2.24, 2.45) is 17.4 Å². The van der Waals surface area contributed by atoms with Crippen molar-refractivity contribution in [2.45, 2.75) is 57.3 Å². The molecule has 0 saturated carbocycles. The second-order valence-corrected chi connectivity index (χ2v) is 9.52. The Hall–Kier alpha value is -4.45. The highest BCUT2D eigenvalue weighted by molar-refractivity contribution is 5.96. The molecule has 0 spiro atoms. The summed E-state index contributed by atoms with van der Waals surface area (Å²) < 4.78 is 0. The molecule has 4 atom stereocenters. The van der Waals surface area contributed by atoms with Gasteiger partial charge in [-0.3, -0.25) is 19.2 Å². The normalized spacial score (nSPS) is 13.9. The second kappa shape index (κ2) is 14.5. The van der Waals surface area contributed by atoms with Gasteiger partial charge in [0, 0.05) is 12.8 Å². The number of carbonyl (C=O) groups excluding carboxylic acids is 4. The summed E-state index contributed by atoms with van der Waals surface area (Å²) in [5, 5.41) is 26.6. The zero-order chi connectivity index (χ0) is 29.1. The average molecular weight is 542 g/mol. The minimum atomic E-state index is -1.40. The summed E-state index contributed by atoms with van der Waals surface area (Å²) in [7, 11) is 0. The number of amides is 4. The Morgan fingerprint density at radius 3 is 1.77 bits per heavy atom. The molecule has 2 aromatic rings. The number of aromatic hydroxyl groups is 1. The van der Waals surface area contributed by atoms with Crippen LogP contribution in [-0.2, 0) is 36.8 Å². The number of phenolic OH excluding ortho intramolecular Hbond substituents is 1. The number of hydrogen-bond acceptors (Lipinski definition) is 7. The SMILES string of the molecule is CC(C)C(N)C(=O)NC(CC(N)=O)C(=O)NC(Cc1ccccc1)C(=O)NC(Cc1ccc(O)cc1)C(=O)O. The van der Waals surface area contributed by atoms with Gasteiger partial charge < -0.3 is 37.6 Å². The minimum absolute atomic E-state index is 0.00672. The smallest absolute Gasteiger partial charge is 0.326 e. The van der Waals surface area contributed by atoms with Crippen LogP contribution in [0.2, 0.25) is 0 Å². The largest absolute Gasteiger partial charge is 0.508 e. The van der Waals surface area contributed by atoms with E-state index in [1.807, 2.05) is 0 Å². The Morgan fingerprint density at radius 1 is 0.744 bits per heavy atom. The van der Waals surface area contributed by atoms with Crippen molar-refractivity contribution in [1.29, 1.82) is 0 Å². The van der Waals surface area contributed by atoms with Crippen LogP contribution in [0.1, 0.15) is 31.4 Å². The van der Waals surface area contributed by atoms with Gasteiger partial charge in [0.25, 0.3) is 0 Å². The van der Waals surface area contributed by atoms with E-state index in [0.29, 0.717) is 11.1 Å².